The van der Waals surface area contributed by atoms with Crippen LogP contribution in [0.1, 0.15) is 26.7 Å². The molecule has 0 radical (unpaired) electrons. The van der Waals surface area contributed by atoms with Crippen molar-refractivity contribution < 1.29 is 4.39 Å². The van der Waals surface area contributed by atoms with E-state index < -0.39 is 0 Å². The van der Waals surface area contributed by atoms with Crippen LogP contribution in [0.2, 0.25) is 5.02 Å². The molecule has 1 N–H and O–H groups in total. The van der Waals surface area contributed by atoms with Crippen molar-refractivity contribution >= 4 is 17.4 Å². The summed E-state index contributed by atoms with van der Waals surface area (Å²) in [6.45, 7) is 8.24. The zero-order chi connectivity index (χ0) is 19.0. The second-order valence-electron chi connectivity index (χ2n) is 8.37. The Morgan fingerprint density at radius 1 is 1.15 bits per heavy atom. The predicted molar refractivity (Wildman–Crippen MR) is 107 cm³/mol. The van der Waals surface area contributed by atoms with Gasteiger partial charge in [-0.2, -0.15) is 0 Å². The van der Waals surface area contributed by atoms with E-state index in [0.29, 0.717) is 22.3 Å². The zero-order valence-corrected chi connectivity index (χ0v) is 16.6. The molecule has 1 aliphatic carbocycles. The second kappa shape index (κ2) is 7.72. The summed E-state index contributed by atoms with van der Waals surface area (Å²) in [6.07, 6.45) is 2.39. The summed E-state index contributed by atoms with van der Waals surface area (Å²) < 4.78 is 13.5. The number of benzene rings is 1. The van der Waals surface area contributed by atoms with E-state index >= 15 is 0 Å². The summed E-state index contributed by atoms with van der Waals surface area (Å²) in [7, 11) is 0. The number of halogens is 2. The fourth-order valence-corrected chi connectivity index (χ4v) is 4.85. The molecule has 0 spiro atoms. The van der Waals surface area contributed by atoms with Crippen molar-refractivity contribution in [1.82, 2.24) is 15.1 Å². The maximum Gasteiger partial charge on any atom is 0.148 e. The lowest BCUT2D eigenvalue weighted by molar-refractivity contribution is 0.275. The van der Waals surface area contributed by atoms with Crippen molar-refractivity contribution in [2.75, 3.05) is 25.0 Å². The number of anilines is 1. The van der Waals surface area contributed by atoms with E-state index in [-0.39, 0.29) is 5.82 Å². The van der Waals surface area contributed by atoms with E-state index in [1.54, 1.807) is 6.07 Å². The van der Waals surface area contributed by atoms with Gasteiger partial charge in [-0.3, -0.25) is 0 Å². The Labute approximate surface area is 165 Å². The third-order valence-corrected chi connectivity index (χ3v) is 6.00. The quantitative estimate of drug-likeness (QED) is 0.805. The molecule has 0 unspecified atom stereocenters. The highest BCUT2D eigenvalue weighted by Gasteiger charge is 2.40. The lowest BCUT2D eigenvalue weighted by atomic mass is 10.0. The van der Waals surface area contributed by atoms with Gasteiger partial charge in [0.1, 0.15) is 11.6 Å². The van der Waals surface area contributed by atoms with Crippen LogP contribution in [-0.2, 0) is 0 Å². The van der Waals surface area contributed by atoms with Gasteiger partial charge in [-0.05, 0) is 60.9 Å². The van der Waals surface area contributed by atoms with Crippen molar-refractivity contribution in [3.63, 3.8) is 0 Å². The molecule has 1 aromatic carbocycles. The highest BCUT2D eigenvalue weighted by atomic mass is 35.5. The van der Waals surface area contributed by atoms with E-state index in [2.05, 4.69) is 34.3 Å². The number of nitrogens with one attached hydrogen (secondary N) is 1. The molecule has 4 rings (SSSR count). The van der Waals surface area contributed by atoms with Crippen LogP contribution in [0.4, 0.5) is 10.2 Å². The molecule has 1 saturated carbocycles. The maximum absolute atomic E-state index is 13.5. The first-order chi connectivity index (χ1) is 13.0. The Morgan fingerprint density at radius 2 is 1.89 bits per heavy atom. The molecule has 2 aliphatic rings. The number of rotatable bonds is 5. The van der Waals surface area contributed by atoms with Crippen LogP contribution in [0.25, 0.3) is 11.3 Å². The summed E-state index contributed by atoms with van der Waals surface area (Å²) >= 11 is 6.15. The van der Waals surface area contributed by atoms with Gasteiger partial charge in [0.15, 0.2) is 0 Å². The van der Waals surface area contributed by atoms with Crippen LogP contribution in [0.3, 0.4) is 0 Å². The zero-order valence-electron chi connectivity index (χ0n) is 15.8. The molecule has 27 heavy (non-hydrogen) atoms. The largest absolute Gasteiger partial charge is 0.366 e. The van der Waals surface area contributed by atoms with Crippen LogP contribution in [-0.4, -0.2) is 40.8 Å². The van der Waals surface area contributed by atoms with Gasteiger partial charge in [0.05, 0.1) is 10.7 Å². The van der Waals surface area contributed by atoms with Gasteiger partial charge in [-0.15, -0.1) is 10.2 Å². The fraction of sp³-hybridized carbons (Fsp3) is 0.524. The third-order valence-electron chi connectivity index (χ3n) is 5.67. The van der Waals surface area contributed by atoms with Gasteiger partial charge in [0.2, 0.25) is 0 Å². The second-order valence-corrected chi connectivity index (χ2v) is 8.78. The molecule has 2 aromatic rings. The number of likely N-dealkylation sites (tertiary alicyclic amines) is 1. The highest BCUT2D eigenvalue weighted by molar-refractivity contribution is 6.33. The third kappa shape index (κ3) is 4.25. The smallest absolute Gasteiger partial charge is 0.148 e. The van der Waals surface area contributed by atoms with Crippen molar-refractivity contribution in [3.05, 3.63) is 41.2 Å². The van der Waals surface area contributed by atoms with Crippen molar-refractivity contribution in [2.45, 2.75) is 32.7 Å². The van der Waals surface area contributed by atoms with Crippen LogP contribution < -0.4 is 5.32 Å². The van der Waals surface area contributed by atoms with Crippen LogP contribution in [0.5, 0.6) is 0 Å². The number of hydrogen-bond acceptors (Lipinski definition) is 4. The van der Waals surface area contributed by atoms with Gasteiger partial charge in [0.25, 0.3) is 0 Å². The van der Waals surface area contributed by atoms with Gasteiger partial charge in [-0.1, -0.05) is 25.4 Å². The van der Waals surface area contributed by atoms with Gasteiger partial charge in [-0.25, -0.2) is 4.39 Å². The van der Waals surface area contributed by atoms with Gasteiger partial charge in [0, 0.05) is 31.2 Å². The highest BCUT2D eigenvalue weighted by Crippen LogP contribution is 2.39. The summed E-state index contributed by atoms with van der Waals surface area (Å²) in [6, 6.07) is 8.48. The Balaban J connectivity index is 1.36. The standard InChI is InChI=1S/C21H26ClFN4/c1-13(2)10-27-11-14-7-17(8-15(14)12-27)24-21-6-5-20(25-26-21)18-9-16(23)3-4-19(18)22/h3-6,9,13-15,17H,7-8,10-12H2,1-2H3,(H,24,26)/t14-,15+,17-. The number of aromatic nitrogens is 2. The maximum atomic E-state index is 13.5. The van der Waals surface area contributed by atoms with Crippen molar-refractivity contribution in [1.29, 1.82) is 0 Å². The summed E-state index contributed by atoms with van der Waals surface area (Å²) in [5.74, 6) is 2.76. The molecule has 1 aliphatic heterocycles. The van der Waals surface area contributed by atoms with E-state index in [4.69, 9.17) is 11.6 Å². The van der Waals surface area contributed by atoms with Crippen molar-refractivity contribution in [3.8, 4) is 11.3 Å². The molecule has 1 saturated heterocycles. The van der Waals surface area contributed by atoms with Gasteiger partial charge >= 0.3 is 0 Å². The van der Waals surface area contributed by atoms with Crippen LogP contribution in [0.15, 0.2) is 30.3 Å². The number of fused-ring (bicyclic) bond motifs is 1. The van der Waals surface area contributed by atoms with E-state index in [0.717, 1.165) is 23.6 Å². The molecular weight excluding hydrogens is 363 g/mol. The van der Waals surface area contributed by atoms with Crippen LogP contribution >= 0.6 is 11.6 Å². The fourth-order valence-electron chi connectivity index (χ4n) is 4.64. The lowest BCUT2D eigenvalue weighted by Gasteiger charge is -2.21. The predicted octanol–water partition coefficient (Wildman–Crippen LogP) is 4.71. The molecule has 6 heteroatoms. The average Bonchev–Trinajstić information content (AvgIpc) is 3.15. The molecule has 144 valence electrons. The van der Waals surface area contributed by atoms with E-state index in [9.17, 15) is 4.39 Å². The lowest BCUT2D eigenvalue weighted by Crippen LogP contribution is -2.28. The summed E-state index contributed by atoms with van der Waals surface area (Å²) in [5.41, 5.74) is 1.15. The van der Waals surface area contributed by atoms with Crippen LogP contribution in [0, 0.1) is 23.6 Å². The van der Waals surface area contributed by atoms with E-state index in [1.807, 2.05) is 12.1 Å². The molecule has 4 nitrogen and oxygen atoms in total. The Kier molecular flexibility index (Phi) is 5.33. The van der Waals surface area contributed by atoms with E-state index in [1.165, 1.54) is 44.6 Å². The number of nitrogens with zero attached hydrogens (tertiary/aromatic N) is 3. The molecule has 2 fully saturated rings. The Hall–Kier alpha value is -1.72. The Bertz CT molecular complexity index is 781. The first-order valence-corrected chi connectivity index (χ1v) is 10.1. The minimum absolute atomic E-state index is 0.331. The summed E-state index contributed by atoms with van der Waals surface area (Å²) in [5, 5.41) is 12.5. The first kappa shape index (κ1) is 18.6. The van der Waals surface area contributed by atoms with Gasteiger partial charge < -0.3 is 10.2 Å². The Morgan fingerprint density at radius 3 is 2.52 bits per heavy atom. The normalized spacial score (nSPS) is 25.1. The SMILES string of the molecule is CC(C)CN1C[C@H]2C[C@@H](Nc3ccc(-c4cc(F)ccc4Cl)nn3)C[C@H]2C1. The monoisotopic (exact) mass is 388 g/mol. The molecule has 1 aromatic heterocycles. The summed E-state index contributed by atoms with van der Waals surface area (Å²) in [4.78, 5) is 2.62. The first-order valence-electron chi connectivity index (χ1n) is 9.76. The molecule has 0 bridgehead atoms. The molecule has 2 heterocycles. The van der Waals surface area contributed by atoms with Crippen molar-refractivity contribution in [2.24, 2.45) is 17.8 Å². The minimum Gasteiger partial charge on any atom is -0.366 e. The number of hydrogen-bond donors (Lipinski definition) is 1. The minimum atomic E-state index is -0.331. The molecule has 0 amide bonds. The molecular formula is C21H26ClFN4. The topological polar surface area (TPSA) is 41.0 Å². The average molecular weight is 389 g/mol. The molecule has 3 atom stereocenters.